The van der Waals surface area contributed by atoms with Crippen LogP contribution in [0.4, 0.5) is 0 Å². The van der Waals surface area contributed by atoms with Gasteiger partial charge in [-0.25, -0.2) is 0 Å². The van der Waals surface area contributed by atoms with Crippen LogP contribution >= 0.6 is 0 Å². The van der Waals surface area contributed by atoms with Crippen molar-refractivity contribution in [3.8, 4) is 11.3 Å². The van der Waals surface area contributed by atoms with E-state index in [0.717, 1.165) is 12.0 Å². The van der Waals surface area contributed by atoms with Crippen molar-refractivity contribution in [2.45, 2.75) is 52.5 Å². The molecule has 1 aromatic heterocycles. The predicted octanol–water partition coefficient (Wildman–Crippen LogP) is 3.27. The Bertz CT molecular complexity index is 968. The van der Waals surface area contributed by atoms with Crippen LogP contribution in [0, 0.1) is 12.8 Å². The lowest BCUT2D eigenvalue weighted by atomic mass is 9.95. The zero-order valence-electron chi connectivity index (χ0n) is 20.0. The summed E-state index contributed by atoms with van der Waals surface area (Å²) in [6.45, 7) is 7.28. The molecule has 2 aromatic rings. The quantitative estimate of drug-likeness (QED) is 0.723. The van der Waals surface area contributed by atoms with E-state index in [9.17, 15) is 14.4 Å². The molecule has 0 unspecified atom stereocenters. The summed E-state index contributed by atoms with van der Waals surface area (Å²) in [5.41, 5.74) is 1.71. The Kier molecular flexibility index (Phi) is 8.25. The van der Waals surface area contributed by atoms with Crippen LogP contribution in [0.25, 0.3) is 11.3 Å². The third-order valence-corrected chi connectivity index (χ3v) is 6.34. The fourth-order valence-corrected chi connectivity index (χ4v) is 4.42. The van der Waals surface area contributed by atoms with Crippen molar-refractivity contribution >= 4 is 17.7 Å². The molecule has 3 rings (SSSR count). The second-order valence-electron chi connectivity index (χ2n) is 8.62. The molecule has 3 amide bonds. The van der Waals surface area contributed by atoms with Crippen molar-refractivity contribution in [3.05, 3.63) is 41.7 Å². The third kappa shape index (κ3) is 5.80. The number of likely N-dealkylation sites (N-methyl/N-ethyl adjacent to an activating group) is 1. The lowest BCUT2D eigenvalue weighted by molar-refractivity contribution is -0.140. The summed E-state index contributed by atoms with van der Waals surface area (Å²) in [4.78, 5) is 42.3. The normalized spacial score (nSPS) is 19.4. The van der Waals surface area contributed by atoms with E-state index < -0.39 is 0 Å². The van der Waals surface area contributed by atoms with E-state index in [0.29, 0.717) is 49.5 Å². The molecule has 0 radical (unpaired) electrons. The first kappa shape index (κ1) is 24.5. The molecule has 0 bridgehead atoms. The predicted molar refractivity (Wildman–Crippen MR) is 125 cm³/mol. The number of amides is 3. The minimum atomic E-state index is -0.320. The van der Waals surface area contributed by atoms with E-state index in [-0.39, 0.29) is 36.1 Å². The van der Waals surface area contributed by atoms with Gasteiger partial charge in [-0.2, -0.15) is 0 Å². The van der Waals surface area contributed by atoms with Gasteiger partial charge in [0.15, 0.2) is 0 Å². The van der Waals surface area contributed by atoms with Crippen LogP contribution in [0.15, 0.2) is 34.9 Å². The van der Waals surface area contributed by atoms with Crippen molar-refractivity contribution < 1.29 is 18.9 Å². The second-order valence-corrected chi connectivity index (χ2v) is 8.62. The van der Waals surface area contributed by atoms with Crippen LogP contribution < -0.4 is 5.32 Å². The van der Waals surface area contributed by atoms with E-state index in [1.54, 1.807) is 23.8 Å². The SMILES string of the molecule is CCN(CC)C(=O)[C@@H]1CCC[C@@H](NC(=O)c2c(-c3ccccc3)noc2C)CN(C)C(=O)C1. The third-order valence-electron chi connectivity index (χ3n) is 6.34. The molecule has 2 atom stereocenters. The number of hydrogen-bond acceptors (Lipinski definition) is 5. The number of nitrogens with one attached hydrogen (secondary N) is 1. The Morgan fingerprint density at radius 2 is 1.88 bits per heavy atom. The Hall–Kier alpha value is -3.16. The topological polar surface area (TPSA) is 95.8 Å². The highest BCUT2D eigenvalue weighted by atomic mass is 16.5. The van der Waals surface area contributed by atoms with Gasteiger partial charge in [-0.15, -0.1) is 0 Å². The molecule has 1 fully saturated rings. The van der Waals surface area contributed by atoms with E-state index >= 15 is 0 Å². The van der Waals surface area contributed by atoms with Gasteiger partial charge in [0.25, 0.3) is 5.91 Å². The minimum absolute atomic E-state index is 0.0387. The number of aryl methyl sites for hydroxylation is 1. The van der Waals surface area contributed by atoms with Gasteiger partial charge >= 0.3 is 0 Å². The monoisotopic (exact) mass is 454 g/mol. The maximum Gasteiger partial charge on any atom is 0.257 e. The van der Waals surface area contributed by atoms with Crippen molar-refractivity contribution in [1.29, 1.82) is 0 Å². The maximum absolute atomic E-state index is 13.2. The average molecular weight is 455 g/mol. The highest BCUT2D eigenvalue weighted by molar-refractivity contribution is 6.01. The van der Waals surface area contributed by atoms with Gasteiger partial charge in [0, 0.05) is 50.6 Å². The first-order valence-electron chi connectivity index (χ1n) is 11.7. The van der Waals surface area contributed by atoms with Crippen LogP contribution in [-0.4, -0.2) is 65.4 Å². The van der Waals surface area contributed by atoms with Crippen molar-refractivity contribution in [2.75, 3.05) is 26.7 Å². The molecule has 0 aliphatic carbocycles. The molecule has 33 heavy (non-hydrogen) atoms. The Morgan fingerprint density at radius 3 is 2.55 bits per heavy atom. The summed E-state index contributed by atoms with van der Waals surface area (Å²) in [6, 6.07) is 9.21. The molecule has 8 heteroatoms. The number of hydrogen-bond donors (Lipinski definition) is 1. The van der Waals surface area contributed by atoms with E-state index in [1.165, 1.54) is 0 Å². The number of carbonyl (C=O) groups excluding carboxylic acids is 3. The lowest BCUT2D eigenvalue weighted by Gasteiger charge is -2.26. The summed E-state index contributed by atoms with van der Waals surface area (Å²) >= 11 is 0. The van der Waals surface area contributed by atoms with Crippen LogP contribution in [0.5, 0.6) is 0 Å². The number of benzene rings is 1. The van der Waals surface area contributed by atoms with E-state index in [2.05, 4.69) is 10.5 Å². The van der Waals surface area contributed by atoms with Crippen LogP contribution in [0.3, 0.4) is 0 Å². The molecular formula is C25H34N4O4. The minimum Gasteiger partial charge on any atom is -0.360 e. The number of aromatic nitrogens is 1. The van der Waals surface area contributed by atoms with Gasteiger partial charge in [0.05, 0.1) is 0 Å². The summed E-state index contributed by atoms with van der Waals surface area (Å²) in [7, 11) is 1.73. The zero-order chi connectivity index (χ0) is 24.0. The molecule has 1 aliphatic heterocycles. The molecule has 1 saturated heterocycles. The smallest absolute Gasteiger partial charge is 0.257 e. The molecule has 0 spiro atoms. The average Bonchev–Trinajstić information content (AvgIpc) is 3.22. The second kappa shape index (κ2) is 11.1. The number of rotatable bonds is 6. The highest BCUT2D eigenvalue weighted by Gasteiger charge is 2.30. The largest absolute Gasteiger partial charge is 0.360 e. The van der Waals surface area contributed by atoms with Gasteiger partial charge in [0.2, 0.25) is 11.8 Å². The van der Waals surface area contributed by atoms with Crippen LogP contribution in [0.2, 0.25) is 0 Å². The van der Waals surface area contributed by atoms with Crippen molar-refractivity contribution in [2.24, 2.45) is 5.92 Å². The highest BCUT2D eigenvalue weighted by Crippen LogP contribution is 2.26. The number of carbonyl (C=O) groups is 3. The van der Waals surface area contributed by atoms with Gasteiger partial charge in [-0.1, -0.05) is 41.9 Å². The standard InChI is InChI=1S/C25H34N4O4/c1-5-29(6-2)25(32)19-13-10-14-20(16-28(4)21(30)15-19)26-24(31)22-17(3)33-27-23(22)18-11-8-7-9-12-18/h7-9,11-12,19-20H,5-6,10,13-16H2,1-4H3,(H,26,31)/t19-,20-/m1/s1. The molecule has 2 heterocycles. The summed E-state index contributed by atoms with van der Waals surface area (Å²) in [5, 5.41) is 7.17. The summed E-state index contributed by atoms with van der Waals surface area (Å²) in [6.07, 6.45) is 2.26. The molecule has 0 saturated carbocycles. The first-order chi connectivity index (χ1) is 15.8. The van der Waals surface area contributed by atoms with E-state index in [4.69, 9.17) is 4.52 Å². The molecule has 1 aliphatic rings. The number of nitrogens with zero attached hydrogens (tertiary/aromatic N) is 3. The Morgan fingerprint density at radius 1 is 1.18 bits per heavy atom. The Labute approximate surface area is 195 Å². The maximum atomic E-state index is 13.2. The fraction of sp³-hybridized carbons (Fsp3) is 0.520. The van der Waals surface area contributed by atoms with Gasteiger partial charge in [-0.05, 0) is 33.6 Å². The Balaban J connectivity index is 1.74. The van der Waals surface area contributed by atoms with Gasteiger partial charge < -0.3 is 19.6 Å². The summed E-state index contributed by atoms with van der Waals surface area (Å²) in [5.74, 6) is -0.180. The first-order valence-corrected chi connectivity index (χ1v) is 11.7. The fourth-order valence-electron chi connectivity index (χ4n) is 4.42. The molecule has 178 valence electrons. The van der Waals surface area contributed by atoms with Crippen LogP contribution in [-0.2, 0) is 9.59 Å². The van der Waals surface area contributed by atoms with Crippen molar-refractivity contribution in [1.82, 2.24) is 20.3 Å². The molecular weight excluding hydrogens is 420 g/mol. The molecule has 1 N–H and O–H groups in total. The molecule has 8 nitrogen and oxygen atoms in total. The van der Waals surface area contributed by atoms with Gasteiger partial charge in [-0.3, -0.25) is 14.4 Å². The summed E-state index contributed by atoms with van der Waals surface area (Å²) < 4.78 is 5.33. The van der Waals surface area contributed by atoms with Gasteiger partial charge in [0.1, 0.15) is 17.0 Å². The lowest BCUT2D eigenvalue weighted by Crippen LogP contribution is -2.44. The molecule has 1 aromatic carbocycles. The van der Waals surface area contributed by atoms with Crippen LogP contribution in [0.1, 0.15) is 55.6 Å². The zero-order valence-corrected chi connectivity index (χ0v) is 20.0. The van der Waals surface area contributed by atoms with E-state index in [1.807, 2.05) is 44.2 Å². The van der Waals surface area contributed by atoms with Crippen molar-refractivity contribution in [3.63, 3.8) is 0 Å².